The van der Waals surface area contributed by atoms with Gasteiger partial charge in [-0.05, 0) is 25.0 Å². The molecule has 3 N–H and O–H groups in total. The second-order valence-electron chi connectivity index (χ2n) is 4.64. The number of nitrogens with one attached hydrogen (secondary N) is 1. The minimum atomic E-state index is -4.25. The number of carboxylic acids is 1. The lowest BCUT2D eigenvalue weighted by Crippen LogP contribution is -2.38. The van der Waals surface area contributed by atoms with E-state index >= 15 is 0 Å². The van der Waals surface area contributed by atoms with Gasteiger partial charge < -0.3 is 10.2 Å². The van der Waals surface area contributed by atoms with Gasteiger partial charge in [0.15, 0.2) is 5.82 Å². The molecule has 0 aliphatic heterocycles. The van der Waals surface area contributed by atoms with Crippen molar-refractivity contribution in [3.63, 3.8) is 0 Å². The Kier molecular flexibility index (Phi) is 5.85. The highest BCUT2D eigenvalue weighted by Crippen LogP contribution is 2.24. The highest BCUT2D eigenvalue weighted by atomic mass is 79.9. The van der Waals surface area contributed by atoms with Gasteiger partial charge >= 0.3 is 5.97 Å². The summed E-state index contributed by atoms with van der Waals surface area (Å²) in [5.41, 5.74) is -0.743. The Balaban J connectivity index is 3.29. The van der Waals surface area contributed by atoms with Crippen molar-refractivity contribution in [3.8, 4) is 0 Å². The molecule has 0 bridgehead atoms. The molecule has 21 heavy (non-hydrogen) atoms. The van der Waals surface area contributed by atoms with Crippen LogP contribution < -0.4 is 4.72 Å². The molecule has 2 atom stereocenters. The van der Waals surface area contributed by atoms with Gasteiger partial charge in [0.25, 0.3) is 0 Å². The first-order valence-corrected chi connectivity index (χ1v) is 8.23. The SMILES string of the molecule is CC(CO)C(C)NS(=O)(=O)c1cc(Br)cc(C(=O)O)c1F. The number of carboxylic acid groups (broad SMARTS) is 1. The van der Waals surface area contributed by atoms with Gasteiger partial charge in [0.1, 0.15) is 4.90 Å². The number of aliphatic hydroxyl groups is 1. The molecule has 0 saturated carbocycles. The summed E-state index contributed by atoms with van der Waals surface area (Å²) in [4.78, 5) is 10.2. The van der Waals surface area contributed by atoms with Crippen LogP contribution in [0.25, 0.3) is 0 Å². The predicted molar refractivity (Wildman–Crippen MR) is 77.1 cm³/mol. The molecule has 6 nitrogen and oxygen atoms in total. The zero-order valence-corrected chi connectivity index (χ0v) is 13.7. The standard InChI is InChI=1S/C12H15BrFNO5S/c1-6(5-16)7(2)15-21(19,20)10-4-8(13)3-9(11(10)14)12(17)18/h3-4,6-7,15-16H,5H2,1-2H3,(H,17,18). The molecular weight excluding hydrogens is 369 g/mol. The number of rotatable bonds is 6. The lowest BCUT2D eigenvalue weighted by atomic mass is 10.1. The molecule has 0 aliphatic carbocycles. The maximum atomic E-state index is 14.1. The number of sulfonamides is 1. The van der Waals surface area contributed by atoms with Crippen LogP contribution in [0.4, 0.5) is 4.39 Å². The van der Waals surface area contributed by atoms with E-state index in [-0.39, 0.29) is 17.0 Å². The minimum Gasteiger partial charge on any atom is -0.478 e. The molecule has 0 amide bonds. The molecule has 0 heterocycles. The van der Waals surface area contributed by atoms with Gasteiger partial charge in [-0.25, -0.2) is 22.3 Å². The monoisotopic (exact) mass is 383 g/mol. The zero-order chi connectivity index (χ0) is 16.4. The smallest absolute Gasteiger partial charge is 0.338 e. The fourth-order valence-corrected chi connectivity index (χ4v) is 3.58. The van der Waals surface area contributed by atoms with Crippen molar-refractivity contribution in [2.24, 2.45) is 5.92 Å². The van der Waals surface area contributed by atoms with E-state index in [0.29, 0.717) is 0 Å². The molecule has 0 radical (unpaired) electrons. The summed E-state index contributed by atoms with van der Waals surface area (Å²) in [6.07, 6.45) is 0. The number of aliphatic hydroxyl groups excluding tert-OH is 1. The lowest BCUT2D eigenvalue weighted by molar-refractivity contribution is 0.0691. The van der Waals surface area contributed by atoms with Crippen molar-refractivity contribution >= 4 is 31.9 Å². The number of hydrogen-bond acceptors (Lipinski definition) is 4. The molecule has 118 valence electrons. The molecule has 0 aliphatic rings. The Labute approximate surface area is 130 Å². The minimum absolute atomic E-state index is 0.129. The summed E-state index contributed by atoms with van der Waals surface area (Å²) in [6.45, 7) is 2.89. The maximum absolute atomic E-state index is 14.1. The first-order chi connectivity index (χ1) is 9.60. The van der Waals surface area contributed by atoms with Gasteiger partial charge in [0.05, 0.1) is 5.56 Å². The van der Waals surface area contributed by atoms with Crippen LogP contribution in [-0.4, -0.2) is 37.2 Å². The summed E-state index contributed by atoms with van der Waals surface area (Å²) >= 11 is 2.95. The summed E-state index contributed by atoms with van der Waals surface area (Å²) in [5.74, 6) is -3.28. The van der Waals surface area contributed by atoms with Crippen molar-refractivity contribution in [1.29, 1.82) is 0 Å². The van der Waals surface area contributed by atoms with Gasteiger partial charge in [0.2, 0.25) is 10.0 Å². The van der Waals surface area contributed by atoms with Crippen LogP contribution in [0, 0.1) is 11.7 Å². The third-order valence-electron chi connectivity index (χ3n) is 3.01. The van der Waals surface area contributed by atoms with E-state index in [9.17, 15) is 17.6 Å². The summed E-state index contributed by atoms with van der Waals surface area (Å²) in [5, 5.41) is 17.9. The van der Waals surface area contributed by atoms with Crippen molar-refractivity contribution in [2.45, 2.75) is 24.8 Å². The Bertz CT molecular complexity index is 649. The van der Waals surface area contributed by atoms with E-state index in [1.54, 1.807) is 6.92 Å². The molecule has 1 rings (SSSR count). The van der Waals surface area contributed by atoms with Crippen LogP contribution in [0.15, 0.2) is 21.5 Å². The van der Waals surface area contributed by atoms with Crippen molar-refractivity contribution < 1.29 is 27.8 Å². The molecular formula is C12H15BrFNO5S. The highest BCUT2D eigenvalue weighted by Gasteiger charge is 2.27. The van der Waals surface area contributed by atoms with E-state index in [4.69, 9.17) is 10.2 Å². The quantitative estimate of drug-likeness (QED) is 0.691. The first-order valence-electron chi connectivity index (χ1n) is 5.95. The van der Waals surface area contributed by atoms with Gasteiger partial charge in [-0.1, -0.05) is 22.9 Å². The second kappa shape index (κ2) is 6.82. The normalized spacial score (nSPS) is 14.7. The molecule has 0 spiro atoms. The van der Waals surface area contributed by atoms with Crippen LogP contribution in [0.5, 0.6) is 0 Å². The first kappa shape index (κ1) is 18.0. The van der Waals surface area contributed by atoms with E-state index in [2.05, 4.69) is 20.7 Å². The highest BCUT2D eigenvalue weighted by molar-refractivity contribution is 9.10. The molecule has 1 aromatic carbocycles. The Morgan fingerprint density at radius 3 is 2.48 bits per heavy atom. The zero-order valence-electron chi connectivity index (χ0n) is 11.3. The van der Waals surface area contributed by atoms with Crippen LogP contribution in [0.1, 0.15) is 24.2 Å². The number of hydrogen-bond donors (Lipinski definition) is 3. The van der Waals surface area contributed by atoms with Crippen LogP contribution in [-0.2, 0) is 10.0 Å². The molecule has 0 aromatic heterocycles. The topological polar surface area (TPSA) is 104 Å². The molecule has 9 heteroatoms. The molecule has 0 fully saturated rings. The van der Waals surface area contributed by atoms with E-state index in [0.717, 1.165) is 12.1 Å². The summed E-state index contributed by atoms with van der Waals surface area (Å²) in [7, 11) is -4.25. The Hall–Kier alpha value is -1.03. The maximum Gasteiger partial charge on any atom is 0.338 e. The summed E-state index contributed by atoms with van der Waals surface area (Å²) in [6, 6.07) is 1.32. The molecule has 1 aromatic rings. The number of benzene rings is 1. The average Bonchev–Trinajstić information content (AvgIpc) is 2.38. The second-order valence-corrected chi connectivity index (χ2v) is 7.24. The predicted octanol–water partition coefficient (Wildman–Crippen LogP) is 1.58. The van der Waals surface area contributed by atoms with Gasteiger partial charge in [-0.3, -0.25) is 0 Å². The molecule has 2 unspecified atom stereocenters. The van der Waals surface area contributed by atoms with E-state index in [1.807, 2.05) is 0 Å². The summed E-state index contributed by atoms with van der Waals surface area (Å²) < 4.78 is 40.7. The van der Waals surface area contributed by atoms with Crippen molar-refractivity contribution in [3.05, 3.63) is 28.0 Å². The Morgan fingerprint density at radius 1 is 1.43 bits per heavy atom. The molecule has 0 saturated heterocycles. The van der Waals surface area contributed by atoms with E-state index in [1.165, 1.54) is 6.92 Å². The van der Waals surface area contributed by atoms with Crippen molar-refractivity contribution in [2.75, 3.05) is 6.61 Å². The third kappa shape index (κ3) is 4.22. The third-order valence-corrected chi connectivity index (χ3v) is 5.02. The average molecular weight is 384 g/mol. The van der Waals surface area contributed by atoms with Crippen molar-refractivity contribution in [1.82, 2.24) is 4.72 Å². The van der Waals surface area contributed by atoms with Crippen LogP contribution >= 0.6 is 15.9 Å². The van der Waals surface area contributed by atoms with Crippen LogP contribution in [0.3, 0.4) is 0 Å². The van der Waals surface area contributed by atoms with E-state index < -0.39 is 38.3 Å². The fourth-order valence-electron chi connectivity index (χ4n) is 1.50. The largest absolute Gasteiger partial charge is 0.478 e. The van der Waals surface area contributed by atoms with Gasteiger partial charge in [-0.15, -0.1) is 0 Å². The number of halogens is 2. The van der Waals surface area contributed by atoms with Gasteiger partial charge in [-0.2, -0.15) is 0 Å². The van der Waals surface area contributed by atoms with Crippen LogP contribution in [0.2, 0.25) is 0 Å². The fraction of sp³-hybridized carbons (Fsp3) is 0.417. The lowest BCUT2D eigenvalue weighted by Gasteiger charge is -2.19. The number of aromatic carboxylic acids is 1. The number of carbonyl (C=O) groups is 1. The van der Waals surface area contributed by atoms with Gasteiger partial charge in [0, 0.05) is 17.1 Å². The Morgan fingerprint density at radius 2 is 2.00 bits per heavy atom.